The lowest BCUT2D eigenvalue weighted by molar-refractivity contribution is 0.617. The van der Waals surface area contributed by atoms with Gasteiger partial charge in [0.2, 0.25) is 0 Å². The molecule has 0 fully saturated rings. The Labute approximate surface area is 75.7 Å². The Balaban J connectivity index is 3.03. The molecule has 0 spiro atoms. The van der Waals surface area contributed by atoms with Gasteiger partial charge in [0.1, 0.15) is 11.6 Å². The molecule has 5 heteroatoms. The van der Waals surface area contributed by atoms with Crippen LogP contribution in [-0.2, 0) is 0 Å². The van der Waals surface area contributed by atoms with Crippen molar-refractivity contribution in [3.8, 4) is 0 Å². The first kappa shape index (κ1) is 7.82. The Bertz CT molecular complexity index is 444. The molecule has 0 radical (unpaired) electrons. The minimum Gasteiger partial charge on any atom is -0.334 e. The predicted molar refractivity (Wildman–Crippen MR) is 46.9 cm³/mol. The number of H-pyrrole nitrogens is 1. The van der Waals surface area contributed by atoms with Crippen LogP contribution in [0.4, 0.5) is 8.78 Å². The van der Waals surface area contributed by atoms with Gasteiger partial charge in [-0.1, -0.05) is 0 Å². The summed E-state index contributed by atoms with van der Waals surface area (Å²) >= 11 is 5.80. The second-order valence-corrected chi connectivity index (χ2v) is 3.94. The van der Waals surface area contributed by atoms with Gasteiger partial charge in [-0.15, -0.1) is 11.3 Å². The molecule has 2 rings (SSSR count). The number of aromatic amines is 1. The average Bonchev–Trinajstić information content (AvgIpc) is 2.41. The summed E-state index contributed by atoms with van der Waals surface area (Å²) in [6.07, 6.45) is 0. The number of hydrogen-bond donors (Lipinski definition) is 1. The summed E-state index contributed by atoms with van der Waals surface area (Å²) in [6, 6.07) is 2.17. The summed E-state index contributed by atoms with van der Waals surface area (Å²) in [7, 11) is 0. The van der Waals surface area contributed by atoms with Gasteiger partial charge in [-0.25, -0.2) is 8.78 Å². The van der Waals surface area contributed by atoms with E-state index in [9.17, 15) is 8.78 Å². The minimum atomic E-state index is -0.473. The van der Waals surface area contributed by atoms with E-state index in [1.165, 1.54) is 0 Å². The topological polar surface area (TPSA) is 15.8 Å². The first-order valence-electron chi connectivity index (χ1n) is 3.15. The van der Waals surface area contributed by atoms with Gasteiger partial charge in [0.25, 0.3) is 0 Å². The third kappa shape index (κ3) is 1.05. The summed E-state index contributed by atoms with van der Waals surface area (Å²) in [6.45, 7) is 0. The second-order valence-electron chi connectivity index (χ2n) is 2.25. The number of nitrogens with one attached hydrogen (secondary N) is 1. The van der Waals surface area contributed by atoms with E-state index in [4.69, 9.17) is 12.2 Å². The van der Waals surface area contributed by atoms with Crippen LogP contribution in [0.2, 0.25) is 0 Å². The highest BCUT2D eigenvalue weighted by Crippen LogP contribution is 2.24. The molecule has 1 nitrogen and oxygen atoms in total. The standard InChI is InChI=1S/C7H3F2NS2/c8-3-1-2-4(9)6-5(3)10-7(11)12-6/h1-2H,(H,10,11). The van der Waals surface area contributed by atoms with E-state index in [1.54, 1.807) is 0 Å². The molecule has 0 aliphatic heterocycles. The summed E-state index contributed by atoms with van der Waals surface area (Å²) in [5.74, 6) is -0.914. The number of fused-ring (bicyclic) bond motifs is 1. The summed E-state index contributed by atoms with van der Waals surface area (Å²) in [5, 5.41) is 0. The summed E-state index contributed by atoms with van der Waals surface area (Å²) in [5.41, 5.74) is 0.157. The van der Waals surface area contributed by atoms with Gasteiger partial charge in [0.05, 0.1) is 10.2 Å². The van der Waals surface area contributed by atoms with E-state index in [0.29, 0.717) is 3.95 Å². The monoisotopic (exact) mass is 203 g/mol. The molecular weight excluding hydrogens is 200 g/mol. The highest BCUT2D eigenvalue weighted by atomic mass is 32.1. The molecule has 2 aromatic rings. The molecule has 0 atom stereocenters. The molecular formula is C7H3F2NS2. The molecule has 62 valence electrons. The average molecular weight is 203 g/mol. The predicted octanol–water partition coefficient (Wildman–Crippen LogP) is 3.24. The van der Waals surface area contributed by atoms with Crippen molar-refractivity contribution >= 4 is 33.8 Å². The van der Waals surface area contributed by atoms with Crippen molar-refractivity contribution in [3.05, 3.63) is 27.7 Å². The summed E-state index contributed by atoms with van der Waals surface area (Å²) in [4.78, 5) is 2.59. The molecule has 12 heavy (non-hydrogen) atoms. The zero-order chi connectivity index (χ0) is 8.72. The lowest BCUT2D eigenvalue weighted by atomic mass is 10.3. The number of benzene rings is 1. The van der Waals surface area contributed by atoms with Crippen molar-refractivity contribution in [2.75, 3.05) is 0 Å². The van der Waals surface area contributed by atoms with Crippen LogP contribution in [0.1, 0.15) is 0 Å². The highest BCUT2D eigenvalue weighted by molar-refractivity contribution is 7.73. The van der Waals surface area contributed by atoms with Crippen molar-refractivity contribution < 1.29 is 8.78 Å². The largest absolute Gasteiger partial charge is 0.334 e. The number of aromatic nitrogens is 1. The Morgan fingerprint density at radius 3 is 2.58 bits per heavy atom. The van der Waals surface area contributed by atoms with Crippen LogP contribution in [-0.4, -0.2) is 4.98 Å². The maximum atomic E-state index is 13.0. The van der Waals surface area contributed by atoms with Crippen LogP contribution in [0.3, 0.4) is 0 Å². The van der Waals surface area contributed by atoms with Crippen LogP contribution < -0.4 is 0 Å². The first-order chi connectivity index (χ1) is 5.68. The fourth-order valence-corrected chi connectivity index (χ4v) is 2.08. The van der Waals surface area contributed by atoms with Crippen LogP contribution >= 0.6 is 23.6 Å². The molecule has 0 saturated carbocycles. The molecule has 0 unspecified atom stereocenters. The van der Waals surface area contributed by atoms with Crippen molar-refractivity contribution in [2.24, 2.45) is 0 Å². The molecule has 1 aromatic carbocycles. The molecule has 1 aromatic heterocycles. The maximum absolute atomic E-state index is 13.0. The van der Waals surface area contributed by atoms with Crippen LogP contribution in [0, 0.1) is 15.6 Å². The van der Waals surface area contributed by atoms with Crippen molar-refractivity contribution in [1.29, 1.82) is 0 Å². The Kier molecular flexibility index (Phi) is 1.69. The van der Waals surface area contributed by atoms with Crippen molar-refractivity contribution in [2.45, 2.75) is 0 Å². The number of thiazole rings is 1. The van der Waals surface area contributed by atoms with Gasteiger partial charge in [-0.3, -0.25) is 0 Å². The highest BCUT2D eigenvalue weighted by Gasteiger charge is 2.07. The third-order valence-corrected chi connectivity index (χ3v) is 2.72. The zero-order valence-corrected chi connectivity index (χ0v) is 7.36. The Morgan fingerprint density at radius 1 is 1.25 bits per heavy atom. The minimum absolute atomic E-state index is 0.157. The fourth-order valence-electron chi connectivity index (χ4n) is 0.970. The van der Waals surface area contributed by atoms with Crippen molar-refractivity contribution in [1.82, 2.24) is 4.98 Å². The first-order valence-corrected chi connectivity index (χ1v) is 4.38. The van der Waals surface area contributed by atoms with E-state index in [0.717, 1.165) is 23.5 Å². The third-order valence-electron chi connectivity index (χ3n) is 1.48. The SMILES string of the molecule is Fc1ccc(F)c2sc(=S)[nH]c12. The lowest BCUT2D eigenvalue weighted by Gasteiger charge is -1.91. The maximum Gasteiger partial charge on any atom is 0.159 e. The van der Waals surface area contributed by atoms with Gasteiger partial charge in [0, 0.05) is 0 Å². The summed E-state index contributed by atoms with van der Waals surface area (Å²) < 4.78 is 26.5. The quantitative estimate of drug-likeness (QED) is 0.650. The van der Waals surface area contributed by atoms with Gasteiger partial charge in [-0.2, -0.15) is 0 Å². The Hall–Kier alpha value is -0.810. The molecule has 0 aliphatic rings. The zero-order valence-electron chi connectivity index (χ0n) is 5.73. The molecule has 0 amide bonds. The molecule has 0 bridgehead atoms. The Morgan fingerprint density at radius 2 is 1.92 bits per heavy atom. The fraction of sp³-hybridized carbons (Fsp3) is 0. The number of rotatable bonds is 0. The van der Waals surface area contributed by atoms with Gasteiger partial charge in [0.15, 0.2) is 3.95 Å². The van der Waals surface area contributed by atoms with E-state index in [-0.39, 0.29) is 10.2 Å². The van der Waals surface area contributed by atoms with E-state index < -0.39 is 11.6 Å². The van der Waals surface area contributed by atoms with Crippen LogP contribution in [0.25, 0.3) is 10.2 Å². The number of hydrogen-bond acceptors (Lipinski definition) is 2. The van der Waals surface area contributed by atoms with Gasteiger partial charge >= 0.3 is 0 Å². The smallest absolute Gasteiger partial charge is 0.159 e. The van der Waals surface area contributed by atoms with Crippen LogP contribution in [0.15, 0.2) is 12.1 Å². The molecule has 0 saturated heterocycles. The van der Waals surface area contributed by atoms with Gasteiger partial charge < -0.3 is 4.98 Å². The van der Waals surface area contributed by atoms with Gasteiger partial charge in [-0.05, 0) is 24.4 Å². The molecule has 1 heterocycles. The normalized spacial score (nSPS) is 10.8. The lowest BCUT2D eigenvalue weighted by Crippen LogP contribution is -1.79. The van der Waals surface area contributed by atoms with E-state index in [2.05, 4.69) is 4.98 Å². The second kappa shape index (κ2) is 2.60. The van der Waals surface area contributed by atoms with E-state index in [1.807, 2.05) is 0 Å². The van der Waals surface area contributed by atoms with Crippen molar-refractivity contribution in [3.63, 3.8) is 0 Å². The molecule has 1 N–H and O–H groups in total. The number of halogens is 2. The van der Waals surface area contributed by atoms with E-state index >= 15 is 0 Å². The van der Waals surface area contributed by atoms with Crippen LogP contribution in [0.5, 0.6) is 0 Å². The molecule has 0 aliphatic carbocycles.